The molecule has 7 heteroatoms. The highest BCUT2D eigenvalue weighted by Gasteiger charge is 2.19. The molecule has 0 aliphatic heterocycles. The summed E-state index contributed by atoms with van der Waals surface area (Å²) in [6.07, 6.45) is 2.32. The van der Waals surface area contributed by atoms with Gasteiger partial charge in [0.15, 0.2) is 11.2 Å². The molecule has 162 valence electrons. The third-order valence-corrected chi connectivity index (χ3v) is 5.56. The van der Waals surface area contributed by atoms with Crippen molar-refractivity contribution in [3.63, 3.8) is 0 Å². The van der Waals surface area contributed by atoms with Crippen molar-refractivity contribution in [3.05, 3.63) is 92.4 Å². The minimum absolute atomic E-state index is 0.333. The highest BCUT2D eigenvalue weighted by atomic mass is 16.2. The molecule has 0 unspecified atom stereocenters. The number of nitriles is 1. The van der Waals surface area contributed by atoms with Crippen molar-refractivity contribution in [2.75, 3.05) is 0 Å². The second-order valence-corrected chi connectivity index (χ2v) is 8.45. The largest absolute Gasteiger partial charge is 0.337 e. The zero-order chi connectivity index (χ0) is 22.8. The van der Waals surface area contributed by atoms with Gasteiger partial charge >= 0.3 is 5.69 Å². The summed E-state index contributed by atoms with van der Waals surface area (Å²) in [5.74, 6) is 0.355. The minimum Gasteiger partial charge on any atom is -0.320 e. The Labute approximate surface area is 185 Å². The van der Waals surface area contributed by atoms with Crippen LogP contribution < -0.4 is 11.2 Å². The quantitative estimate of drug-likeness (QED) is 0.470. The Morgan fingerprint density at radius 2 is 1.72 bits per heavy atom. The fraction of sp³-hybridized carbons (Fsp3) is 0.280. The van der Waals surface area contributed by atoms with Crippen molar-refractivity contribution in [1.29, 1.82) is 5.26 Å². The molecular weight excluding hydrogens is 402 g/mol. The summed E-state index contributed by atoms with van der Waals surface area (Å²) >= 11 is 0. The standard InChI is InChI=1S/C25H25N5O2/c1-17(2)12-13-29-24(31)22-23(30(25(29)32)21-10-4-18(3)5-11-21)27-16-28(22)15-20-8-6-19(14-26)7-9-20/h4-11,16-17H,12-13,15H2,1-3H3. The summed E-state index contributed by atoms with van der Waals surface area (Å²) < 4.78 is 4.61. The van der Waals surface area contributed by atoms with E-state index >= 15 is 0 Å². The Morgan fingerprint density at radius 3 is 2.34 bits per heavy atom. The lowest BCUT2D eigenvalue weighted by molar-refractivity contribution is 0.491. The van der Waals surface area contributed by atoms with E-state index in [0.717, 1.165) is 17.5 Å². The molecule has 0 aliphatic rings. The number of hydrogen-bond donors (Lipinski definition) is 0. The summed E-state index contributed by atoms with van der Waals surface area (Å²) in [6.45, 7) is 6.87. The topological polar surface area (TPSA) is 85.6 Å². The van der Waals surface area contributed by atoms with E-state index in [2.05, 4.69) is 24.9 Å². The molecule has 2 aromatic heterocycles. The van der Waals surface area contributed by atoms with Crippen LogP contribution in [0.15, 0.2) is 64.4 Å². The van der Waals surface area contributed by atoms with Crippen molar-refractivity contribution >= 4 is 11.2 Å². The average Bonchev–Trinajstić information content (AvgIpc) is 3.18. The molecule has 0 atom stereocenters. The van der Waals surface area contributed by atoms with Crippen LogP contribution in [0.25, 0.3) is 16.9 Å². The first-order valence-corrected chi connectivity index (χ1v) is 10.7. The van der Waals surface area contributed by atoms with Crippen LogP contribution in [0.4, 0.5) is 0 Å². The van der Waals surface area contributed by atoms with Crippen molar-refractivity contribution in [2.45, 2.75) is 40.3 Å². The monoisotopic (exact) mass is 427 g/mol. The minimum atomic E-state index is -0.379. The van der Waals surface area contributed by atoms with Crippen LogP contribution in [0.1, 0.15) is 37.0 Å². The molecule has 32 heavy (non-hydrogen) atoms. The van der Waals surface area contributed by atoms with E-state index in [9.17, 15) is 9.59 Å². The van der Waals surface area contributed by atoms with Crippen LogP contribution in [0.3, 0.4) is 0 Å². The van der Waals surface area contributed by atoms with Crippen molar-refractivity contribution in [2.24, 2.45) is 5.92 Å². The Bertz CT molecular complexity index is 1420. The highest BCUT2D eigenvalue weighted by molar-refractivity contribution is 5.72. The maximum atomic E-state index is 13.4. The number of aryl methyl sites for hydroxylation is 1. The van der Waals surface area contributed by atoms with Gasteiger partial charge in [-0.2, -0.15) is 5.26 Å². The van der Waals surface area contributed by atoms with Crippen LogP contribution in [0, 0.1) is 24.2 Å². The molecule has 0 aliphatic carbocycles. The van der Waals surface area contributed by atoms with Crippen LogP contribution in [-0.2, 0) is 13.1 Å². The van der Waals surface area contributed by atoms with Gasteiger partial charge in [0.1, 0.15) is 0 Å². The molecule has 4 rings (SSSR count). The zero-order valence-electron chi connectivity index (χ0n) is 18.4. The molecule has 0 saturated heterocycles. The van der Waals surface area contributed by atoms with Gasteiger partial charge in [0.25, 0.3) is 5.56 Å². The summed E-state index contributed by atoms with van der Waals surface area (Å²) in [5.41, 5.74) is 3.29. The second kappa shape index (κ2) is 8.67. The van der Waals surface area contributed by atoms with E-state index in [4.69, 9.17) is 5.26 Å². The van der Waals surface area contributed by atoms with E-state index in [0.29, 0.717) is 41.4 Å². The number of imidazole rings is 1. The van der Waals surface area contributed by atoms with Gasteiger partial charge in [0.05, 0.1) is 23.6 Å². The van der Waals surface area contributed by atoms with Gasteiger partial charge in [-0.25, -0.2) is 14.3 Å². The predicted molar refractivity (Wildman–Crippen MR) is 124 cm³/mol. The third-order valence-electron chi connectivity index (χ3n) is 5.56. The lowest BCUT2D eigenvalue weighted by atomic mass is 10.1. The normalized spacial score (nSPS) is 11.2. The molecule has 2 aromatic carbocycles. The first kappa shape index (κ1) is 21.3. The number of benzene rings is 2. The molecule has 0 N–H and O–H groups in total. The van der Waals surface area contributed by atoms with Gasteiger partial charge < -0.3 is 4.57 Å². The smallest absolute Gasteiger partial charge is 0.320 e. The molecule has 0 fully saturated rings. The van der Waals surface area contributed by atoms with Gasteiger partial charge in [-0.3, -0.25) is 9.36 Å². The summed E-state index contributed by atoms with van der Waals surface area (Å²) in [5, 5.41) is 9.02. The molecular formula is C25H25N5O2. The fourth-order valence-corrected chi connectivity index (χ4v) is 3.69. The highest BCUT2D eigenvalue weighted by Crippen LogP contribution is 2.16. The fourth-order valence-electron chi connectivity index (χ4n) is 3.69. The number of nitrogens with zero attached hydrogens (tertiary/aromatic N) is 5. The Hall–Kier alpha value is -3.92. The number of fused-ring (bicyclic) bond motifs is 1. The van der Waals surface area contributed by atoms with Crippen LogP contribution >= 0.6 is 0 Å². The second-order valence-electron chi connectivity index (χ2n) is 8.45. The van der Waals surface area contributed by atoms with Gasteiger partial charge in [-0.05, 0) is 49.1 Å². The summed E-state index contributed by atoms with van der Waals surface area (Å²) in [4.78, 5) is 31.3. The van der Waals surface area contributed by atoms with E-state index in [1.54, 1.807) is 23.0 Å². The summed E-state index contributed by atoms with van der Waals surface area (Å²) in [6, 6.07) is 16.9. The molecule has 0 amide bonds. The van der Waals surface area contributed by atoms with Crippen LogP contribution in [0.5, 0.6) is 0 Å². The lowest BCUT2D eigenvalue weighted by Gasteiger charge is -2.14. The Morgan fingerprint density at radius 1 is 1.03 bits per heavy atom. The molecule has 7 nitrogen and oxygen atoms in total. The molecule has 0 spiro atoms. The van der Waals surface area contributed by atoms with Gasteiger partial charge in [-0.1, -0.05) is 43.7 Å². The van der Waals surface area contributed by atoms with E-state index in [1.807, 2.05) is 43.3 Å². The number of rotatable bonds is 6. The maximum absolute atomic E-state index is 13.4. The first-order valence-electron chi connectivity index (χ1n) is 10.7. The number of hydrogen-bond acceptors (Lipinski definition) is 4. The predicted octanol–water partition coefficient (Wildman–Crippen LogP) is 3.62. The Balaban J connectivity index is 1.92. The lowest BCUT2D eigenvalue weighted by Crippen LogP contribution is -2.40. The van der Waals surface area contributed by atoms with Crippen LogP contribution in [0.2, 0.25) is 0 Å². The van der Waals surface area contributed by atoms with Crippen molar-refractivity contribution in [3.8, 4) is 11.8 Å². The molecule has 4 aromatic rings. The summed E-state index contributed by atoms with van der Waals surface area (Å²) in [7, 11) is 0. The number of aromatic nitrogens is 4. The van der Waals surface area contributed by atoms with E-state index in [1.165, 1.54) is 9.13 Å². The SMILES string of the molecule is Cc1ccc(-n2c(=O)n(CCC(C)C)c(=O)c3c2ncn3Cc2ccc(C#N)cc2)cc1. The van der Waals surface area contributed by atoms with Gasteiger partial charge in [0, 0.05) is 13.1 Å². The molecule has 2 heterocycles. The van der Waals surface area contributed by atoms with Crippen LogP contribution in [-0.4, -0.2) is 18.7 Å². The molecule has 0 bridgehead atoms. The van der Waals surface area contributed by atoms with E-state index < -0.39 is 0 Å². The average molecular weight is 428 g/mol. The molecule has 0 radical (unpaired) electrons. The molecule has 0 saturated carbocycles. The zero-order valence-corrected chi connectivity index (χ0v) is 18.4. The van der Waals surface area contributed by atoms with Crippen molar-refractivity contribution < 1.29 is 0 Å². The van der Waals surface area contributed by atoms with Gasteiger partial charge in [-0.15, -0.1) is 0 Å². The van der Waals surface area contributed by atoms with E-state index in [-0.39, 0.29) is 11.2 Å². The Kier molecular flexibility index (Phi) is 5.78. The maximum Gasteiger partial charge on any atom is 0.337 e. The first-order chi connectivity index (χ1) is 15.4. The van der Waals surface area contributed by atoms with Crippen molar-refractivity contribution in [1.82, 2.24) is 18.7 Å². The van der Waals surface area contributed by atoms with Gasteiger partial charge in [0.2, 0.25) is 0 Å². The third kappa shape index (κ3) is 4.00.